The van der Waals surface area contributed by atoms with Crippen molar-refractivity contribution in [2.75, 3.05) is 14.2 Å². The van der Waals surface area contributed by atoms with Crippen LogP contribution in [0.2, 0.25) is 0 Å². The van der Waals surface area contributed by atoms with E-state index < -0.39 is 0 Å². The van der Waals surface area contributed by atoms with Crippen molar-refractivity contribution in [1.82, 2.24) is 9.97 Å². The quantitative estimate of drug-likeness (QED) is 0.442. The van der Waals surface area contributed by atoms with Crippen LogP contribution in [-0.2, 0) is 0 Å². The van der Waals surface area contributed by atoms with Crippen molar-refractivity contribution in [2.45, 2.75) is 0 Å². The van der Waals surface area contributed by atoms with Gasteiger partial charge in [-0.15, -0.1) is 0 Å². The average Bonchev–Trinajstić information content (AvgIpc) is 2.81. The minimum absolute atomic E-state index is 0.780. The molecule has 4 nitrogen and oxygen atoms in total. The summed E-state index contributed by atoms with van der Waals surface area (Å²) in [6, 6.07) is 11.8. The van der Waals surface area contributed by atoms with Gasteiger partial charge < -0.3 is 9.47 Å². The van der Waals surface area contributed by atoms with E-state index in [9.17, 15) is 0 Å². The Kier molecular flexibility index (Phi) is 7.75. The molecule has 0 fully saturated rings. The monoisotopic (exact) mass is 396 g/mol. The van der Waals surface area contributed by atoms with Crippen LogP contribution in [0.3, 0.4) is 0 Å². The van der Waals surface area contributed by atoms with Crippen LogP contribution in [0, 0.1) is 0 Å². The van der Waals surface area contributed by atoms with Gasteiger partial charge in [0.15, 0.2) is 0 Å². The summed E-state index contributed by atoms with van der Waals surface area (Å²) < 4.78 is 11.2. The first-order valence-corrected chi connectivity index (χ1v) is 9.55. The SMILES string of the molecule is COc1cc(/C=C/C=C/c2ccncc2)c(OC)cc1/C=C/C=C/c1ccncc1. The van der Waals surface area contributed by atoms with Crippen molar-refractivity contribution < 1.29 is 9.47 Å². The molecule has 4 heteroatoms. The van der Waals surface area contributed by atoms with E-state index in [4.69, 9.17) is 9.47 Å². The van der Waals surface area contributed by atoms with E-state index in [0.29, 0.717) is 0 Å². The molecule has 0 atom stereocenters. The summed E-state index contributed by atoms with van der Waals surface area (Å²) in [5, 5.41) is 0. The zero-order chi connectivity index (χ0) is 21.0. The van der Waals surface area contributed by atoms with Gasteiger partial charge in [0.25, 0.3) is 0 Å². The molecular formula is C26H24N2O2. The molecule has 0 spiro atoms. The summed E-state index contributed by atoms with van der Waals surface area (Å²) >= 11 is 0. The van der Waals surface area contributed by atoms with E-state index in [1.165, 1.54) is 0 Å². The molecular weight excluding hydrogens is 372 g/mol. The molecule has 0 bridgehead atoms. The second-order valence-corrected chi connectivity index (χ2v) is 6.33. The molecule has 0 aliphatic carbocycles. The van der Waals surface area contributed by atoms with E-state index in [2.05, 4.69) is 9.97 Å². The maximum absolute atomic E-state index is 5.58. The fraction of sp³-hybridized carbons (Fsp3) is 0.0769. The van der Waals surface area contributed by atoms with Crippen LogP contribution < -0.4 is 9.47 Å². The molecule has 1 aromatic carbocycles. The first-order valence-electron chi connectivity index (χ1n) is 9.55. The summed E-state index contributed by atoms with van der Waals surface area (Å²) in [7, 11) is 3.34. The third-order valence-corrected chi connectivity index (χ3v) is 4.35. The Hall–Kier alpha value is -3.92. The molecule has 2 aromatic heterocycles. The first-order chi connectivity index (χ1) is 14.8. The summed E-state index contributed by atoms with van der Waals surface area (Å²) in [4.78, 5) is 8.04. The highest BCUT2D eigenvalue weighted by molar-refractivity contribution is 5.70. The van der Waals surface area contributed by atoms with E-state index in [-0.39, 0.29) is 0 Å². The lowest BCUT2D eigenvalue weighted by atomic mass is 10.1. The Morgan fingerprint density at radius 1 is 0.567 bits per heavy atom. The summed E-state index contributed by atoms with van der Waals surface area (Å²) in [6.45, 7) is 0. The van der Waals surface area contributed by atoms with Crippen molar-refractivity contribution in [3.63, 3.8) is 0 Å². The van der Waals surface area contributed by atoms with Gasteiger partial charge in [-0.05, 0) is 47.5 Å². The Morgan fingerprint density at radius 3 is 1.30 bits per heavy atom. The minimum atomic E-state index is 0.780. The van der Waals surface area contributed by atoms with Crippen LogP contribution in [0.5, 0.6) is 11.5 Å². The molecule has 0 saturated carbocycles. The topological polar surface area (TPSA) is 44.2 Å². The molecule has 0 aliphatic heterocycles. The standard InChI is InChI=1S/C26H24N2O2/c1-29-25-19-24(10-6-4-8-22-13-17-28-18-14-22)26(30-2)20-23(25)9-5-3-7-21-11-15-27-16-12-21/h3-20H,1-2H3/b7-3+,8-4+,9-5+,10-6+. The molecule has 2 heterocycles. The first kappa shape index (κ1) is 20.8. The number of pyridine rings is 2. The van der Waals surface area contributed by atoms with Crippen LogP contribution >= 0.6 is 0 Å². The highest BCUT2D eigenvalue weighted by Gasteiger charge is 2.07. The molecule has 0 amide bonds. The Bertz CT molecular complexity index is 966. The van der Waals surface area contributed by atoms with E-state index in [0.717, 1.165) is 33.8 Å². The molecule has 0 N–H and O–H groups in total. The fourth-order valence-corrected chi connectivity index (χ4v) is 2.81. The molecule has 3 aromatic rings. The third-order valence-electron chi connectivity index (χ3n) is 4.35. The van der Waals surface area contributed by atoms with Crippen molar-refractivity contribution in [1.29, 1.82) is 0 Å². The number of benzene rings is 1. The third kappa shape index (κ3) is 6.04. The van der Waals surface area contributed by atoms with Gasteiger partial charge in [0.2, 0.25) is 0 Å². The minimum Gasteiger partial charge on any atom is -0.496 e. The van der Waals surface area contributed by atoms with Gasteiger partial charge in [0.1, 0.15) is 11.5 Å². The van der Waals surface area contributed by atoms with E-state index >= 15 is 0 Å². The Balaban J connectivity index is 1.76. The Morgan fingerprint density at radius 2 is 0.933 bits per heavy atom. The summed E-state index contributed by atoms with van der Waals surface area (Å²) in [5.74, 6) is 1.56. The van der Waals surface area contributed by atoms with Gasteiger partial charge >= 0.3 is 0 Å². The van der Waals surface area contributed by atoms with Crippen LogP contribution in [0.1, 0.15) is 22.3 Å². The van der Waals surface area contributed by atoms with Crippen LogP contribution in [0.15, 0.2) is 85.5 Å². The number of methoxy groups -OCH3 is 2. The van der Waals surface area contributed by atoms with Gasteiger partial charge in [0, 0.05) is 35.9 Å². The number of hydrogen-bond donors (Lipinski definition) is 0. The molecule has 0 radical (unpaired) electrons. The van der Waals surface area contributed by atoms with Gasteiger partial charge in [-0.2, -0.15) is 0 Å². The van der Waals surface area contributed by atoms with Gasteiger partial charge in [-0.3, -0.25) is 9.97 Å². The smallest absolute Gasteiger partial charge is 0.126 e. The van der Waals surface area contributed by atoms with Crippen LogP contribution in [0.25, 0.3) is 24.3 Å². The van der Waals surface area contributed by atoms with Crippen LogP contribution in [-0.4, -0.2) is 24.2 Å². The fourth-order valence-electron chi connectivity index (χ4n) is 2.81. The molecule has 150 valence electrons. The number of aromatic nitrogens is 2. The normalized spacial score (nSPS) is 11.8. The lowest BCUT2D eigenvalue weighted by Crippen LogP contribution is -1.93. The van der Waals surface area contributed by atoms with Gasteiger partial charge in [-0.25, -0.2) is 0 Å². The Labute approximate surface area is 177 Å². The zero-order valence-corrected chi connectivity index (χ0v) is 17.1. The lowest BCUT2D eigenvalue weighted by molar-refractivity contribution is 0.401. The molecule has 0 saturated heterocycles. The van der Waals surface area contributed by atoms with E-state index in [1.54, 1.807) is 39.0 Å². The predicted molar refractivity (Wildman–Crippen MR) is 124 cm³/mol. The summed E-state index contributed by atoms with van der Waals surface area (Å²) in [5.41, 5.74) is 4.08. The van der Waals surface area contributed by atoms with Crippen molar-refractivity contribution in [3.8, 4) is 11.5 Å². The number of allylic oxidation sites excluding steroid dienone is 4. The van der Waals surface area contributed by atoms with Gasteiger partial charge in [0.05, 0.1) is 14.2 Å². The second-order valence-electron chi connectivity index (χ2n) is 6.33. The largest absolute Gasteiger partial charge is 0.496 e. The highest BCUT2D eigenvalue weighted by Crippen LogP contribution is 2.31. The maximum atomic E-state index is 5.58. The van der Waals surface area contributed by atoms with Crippen LogP contribution in [0.4, 0.5) is 0 Å². The van der Waals surface area contributed by atoms with E-state index in [1.807, 2.05) is 85.0 Å². The highest BCUT2D eigenvalue weighted by atomic mass is 16.5. The van der Waals surface area contributed by atoms with Crippen molar-refractivity contribution >= 4 is 24.3 Å². The predicted octanol–water partition coefficient (Wildman–Crippen LogP) is 5.95. The number of nitrogens with zero attached hydrogens (tertiary/aromatic N) is 2. The summed E-state index contributed by atoms with van der Waals surface area (Å²) in [6.07, 6.45) is 23.1. The number of rotatable bonds is 8. The lowest BCUT2D eigenvalue weighted by Gasteiger charge is -2.11. The van der Waals surface area contributed by atoms with Crippen molar-refractivity contribution in [2.24, 2.45) is 0 Å². The maximum Gasteiger partial charge on any atom is 0.126 e. The molecule has 0 unspecified atom stereocenters. The van der Waals surface area contributed by atoms with Crippen molar-refractivity contribution in [3.05, 3.63) is 108 Å². The zero-order valence-electron chi connectivity index (χ0n) is 17.1. The molecule has 3 rings (SSSR count). The average molecular weight is 396 g/mol. The van der Waals surface area contributed by atoms with Gasteiger partial charge in [-0.1, -0.05) is 48.6 Å². The second kappa shape index (κ2) is 11.2. The molecule has 30 heavy (non-hydrogen) atoms. The number of ether oxygens (including phenoxy) is 2. The molecule has 0 aliphatic rings. The number of hydrogen-bond acceptors (Lipinski definition) is 4.